The average Bonchev–Trinajstić information content (AvgIpc) is 1.89. The molecule has 6 nitrogen and oxygen atoms in total. The van der Waals surface area contributed by atoms with E-state index in [-0.39, 0.29) is 6.54 Å². The van der Waals surface area contributed by atoms with Crippen molar-refractivity contribution >= 4 is 11.9 Å². The molecule has 0 aliphatic rings. The summed E-state index contributed by atoms with van der Waals surface area (Å²) in [6, 6.07) is -0.731. The molecule has 0 saturated carbocycles. The summed E-state index contributed by atoms with van der Waals surface area (Å²) in [6.45, 7) is 1.14. The highest BCUT2D eigenvalue weighted by Crippen LogP contribution is 1.68. The smallest absolute Gasteiger partial charge is 0.320 e. The van der Waals surface area contributed by atoms with Crippen molar-refractivity contribution in [1.82, 2.24) is 0 Å². The van der Waals surface area contributed by atoms with E-state index in [1.807, 2.05) is 0 Å². The molecule has 0 fully saturated rings. The van der Waals surface area contributed by atoms with Crippen LogP contribution in [0.25, 0.3) is 0 Å². The number of carboxylic acid groups (broad SMARTS) is 2. The third-order valence-electron chi connectivity index (χ3n) is 0.564. The molecular formula is C5H12N2O4. The van der Waals surface area contributed by atoms with Gasteiger partial charge in [-0.15, -0.1) is 0 Å². The molecule has 11 heavy (non-hydrogen) atoms. The number of hydrogen-bond donors (Lipinski definition) is 4. The molecule has 0 aliphatic heterocycles. The summed E-state index contributed by atoms with van der Waals surface area (Å²) in [5.41, 5.74) is 9.41. The third kappa shape index (κ3) is 17.7. The van der Waals surface area contributed by atoms with Crippen LogP contribution < -0.4 is 11.5 Å². The van der Waals surface area contributed by atoms with Gasteiger partial charge in [0.15, 0.2) is 0 Å². The second kappa shape index (κ2) is 6.97. The minimum Gasteiger partial charge on any atom is -0.480 e. The predicted molar refractivity (Wildman–Crippen MR) is 38.0 cm³/mol. The first-order valence-electron chi connectivity index (χ1n) is 2.82. The van der Waals surface area contributed by atoms with Crippen molar-refractivity contribution in [2.24, 2.45) is 11.5 Å². The number of carboxylic acids is 2. The third-order valence-corrected chi connectivity index (χ3v) is 0.564. The molecular weight excluding hydrogens is 152 g/mol. The lowest BCUT2D eigenvalue weighted by atomic mass is 10.4. The SMILES string of the molecule is C[C@H](N)C(=O)O.NCC(=O)O. The van der Waals surface area contributed by atoms with Crippen LogP contribution in [0.5, 0.6) is 0 Å². The van der Waals surface area contributed by atoms with E-state index < -0.39 is 18.0 Å². The zero-order valence-electron chi connectivity index (χ0n) is 6.15. The number of carbonyl (C=O) groups is 2. The summed E-state index contributed by atoms with van der Waals surface area (Å²) in [5, 5.41) is 15.5. The van der Waals surface area contributed by atoms with Gasteiger partial charge >= 0.3 is 11.9 Å². The maximum absolute atomic E-state index is 9.57. The first-order chi connectivity index (χ1) is 4.91. The molecule has 1 atom stereocenters. The number of rotatable bonds is 2. The second-order valence-electron chi connectivity index (χ2n) is 1.72. The normalized spacial score (nSPS) is 10.8. The number of hydrogen-bond acceptors (Lipinski definition) is 4. The molecule has 0 aromatic rings. The van der Waals surface area contributed by atoms with Crippen LogP contribution in [0.15, 0.2) is 0 Å². The number of nitrogens with two attached hydrogens (primary N) is 2. The molecule has 0 bridgehead atoms. The maximum atomic E-state index is 9.57. The van der Waals surface area contributed by atoms with Gasteiger partial charge in [-0.2, -0.15) is 0 Å². The molecule has 0 heterocycles. The van der Waals surface area contributed by atoms with E-state index in [0.29, 0.717) is 0 Å². The molecule has 0 aromatic heterocycles. The molecule has 0 saturated heterocycles. The lowest BCUT2D eigenvalue weighted by Gasteiger charge is -1.90. The monoisotopic (exact) mass is 164 g/mol. The van der Waals surface area contributed by atoms with E-state index in [4.69, 9.17) is 15.9 Å². The zero-order chi connectivity index (χ0) is 9.44. The Balaban J connectivity index is 0. The van der Waals surface area contributed by atoms with Gasteiger partial charge in [-0.3, -0.25) is 9.59 Å². The summed E-state index contributed by atoms with van der Waals surface area (Å²) in [5.74, 6) is -1.93. The molecule has 0 unspecified atom stereocenters. The minimum atomic E-state index is -0.968. The van der Waals surface area contributed by atoms with Gasteiger partial charge in [-0.25, -0.2) is 0 Å². The lowest BCUT2D eigenvalue weighted by molar-refractivity contribution is -0.138. The van der Waals surface area contributed by atoms with Crippen molar-refractivity contribution in [2.45, 2.75) is 13.0 Å². The van der Waals surface area contributed by atoms with Crippen LogP contribution in [0.4, 0.5) is 0 Å². The van der Waals surface area contributed by atoms with Gasteiger partial charge in [0.25, 0.3) is 0 Å². The fourth-order valence-corrected chi connectivity index (χ4v) is 0. The van der Waals surface area contributed by atoms with E-state index in [1.54, 1.807) is 0 Å². The van der Waals surface area contributed by atoms with Crippen molar-refractivity contribution in [3.05, 3.63) is 0 Å². The first-order valence-corrected chi connectivity index (χ1v) is 2.82. The Morgan fingerprint density at radius 2 is 1.64 bits per heavy atom. The molecule has 0 spiro atoms. The highest BCUT2D eigenvalue weighted by atomic mass is 16.4. The second-order valence-corrected chi connectivity index (χ2v) is 1.72. The summed E-state index contributed by atoms with van der Waals surface area (Å²) in [4.78, 5) is 18.8. The summed E-state index contributed by atoms with van der Waals surface area (Å²) in [6.07, 6.45) is 0. The largest absolute Gasteiger partial charge is 0.480 e. The Hall–Kier alpha value is -1.14. The van der Waals surface area contributed by atoms with Crippen LogP contribution in [0, 0.1) is 0 Å². The molecule has 6 heteroatoms. The van der Waals surface area contributed by atoms with Gasteiger partial charge in [0.05, 0.1) is 6.54 Å². The molecule has 0 aliphatic carbocycles. The zero-order valence-corrected chi connectivity index (χ0v) is 6.15. The van der Waals surface area contributed by atoms with Crippen LogP contribution in [-0.4, -0.2) is 34.7 Å². The number of aliphatic carboxylic acids is 2. The molecule has 0 radical (unpaired) electrons. The Kier molecular flexibility index (Phi) is 7.94. The van der Waals surface area contributed by atoms with Gasteiger partial charge in [0, 0.05) is 0 Å². The predicted octanol–water partition coefficient (Wildman–Crippen LogP) is -1.55. The van der Waals surface area contributed by atoms with E-state index in [9.17, 15) is 9.59 Å². The standard InChI is InChI=1S/C3H7NO2.C2H5NO2/c1-2(4)3(5)6;3-1-2(4)5/h2H,4H2,1H3,(H,5,6);1,3H2,(H,4,5)/t2-;/m0./s1. The molecule has 0 aromatic carbocycles. The van der Waals surface area contributed by atoms with Crippen molar-refractivity contribution in [3.8, 4) is 0 Å². The highest BCUT2D eigenvalue weighted by Gasteiger charge is 1.99. The van der Waals surface area contributed by atoms with Crippen molar-refractivity contribution in [2.75, 3.05) is 6.54 Å². The molecule has 6 N–H and O–H groups in total. The van der Waals surface area contributed by atoms with E-state index in [0.717, 1.165) is 0 Å². The Morgan fingerprint density at radius 3 is 1.64 bits per heavy atom. The maximum Gasteiger partial charge on any atom is 0.320 e. The van der Waals surface area contributed by atoms with Crippen molar-refractivity contribution in [3.63, 3.8) is 0 Å². The van der Waals surface area contributed by atoms with Crippen LogP contribution in [0.3, 0.4) is 0 Å². The lowest BCUT2D eigenvalue weighted by Crippen LogP contribution is -2.25. The fraction of sp³-hybridized carbons (Fsp3) is 0.600. The average molecular weight is 164 g/mol. The highest BCUT2D eigenvalue weighted by molar-refractivity contribution is 5.72. The fourth-order valence-electron chi connectivity index (χ4n) is 0. The molecule has 0 rings (SSSR count). The molecule has 66 valence electrons. The van der Waals surface area contributed by atoms with E-state index in [1.165, 1.54) is 6.92 Å². The van der Waals surface area contributed by atoms with Gasteiger partial charge in [-0.1, -0.05) is 0 Å². The Bertz CT molecular complexity index is 134. The summed E-state index contributed by atoms with van der Waals surface area (Å²) >= 11 is 0. The van der Waals surface area contributed by atoms with E-state index in [2.05, 4.69) is 5.73 Å². The minimum absolute atomic E-state index is 0.278. The molecule has 0 amide bonds. The van der Waals surface area contributed by atoms with Crippen LogP contribution in [0.1, 0.15) is 6.92 Å². The Morgan fingerprint density at radius 1 is 1.45 bits per heavy atom. The van der Waals surface area contributed by atoms with Crippen LogP contribution >= 0.6 is 0 Å². The van der Waals surface area contributed by atoms with Gasteiger partial charge < -0.3 is 21.7 Å². The van der Waals surface area contributed by atoms with Gasteiger partial charge in [0.2, 0.25) is 0 Å². The van der Waals surface area contributed by atoms with Crippen molar-refractivity contribution < 1.29 is 19.8 Å². The quantitative estimate of drug-likeness (QED) is 0.391. The topological polar surface area (TPSA) is 127 Å². The Labute approximate surface area is 63.8 Å². The van der Waals surface area contributed by atoms with Crippen LogP contribution in [0.2, 0.25) is 0 Å². The first kappa shape index (κ1) is 12.5. The van der Waals surface area contributed by atoms with Crippen molar-refractivity contribution in [1.29, 1.82) is 0 Å². The summed E-state index contributed by atoms with van der Waals surface area (Å²) < 4.78 is 0. The summed E-state index contributed by atoms with van der Waals surface area (Å²) in [7, 11) is 0. The van der Waals surface area contributed by atoms with Gasteiger partial charge in [0.1, 0.15) is 6.04 Å². The van der Waals surface area contributed by atoms with E-state index >= 15 is 0 Å². The van der Waals surface area contributed by atoms with Crippen LogP contribution in [-0.2, 0) is 9.59 Å². The van der Waals surface area contributed by atoms with Gasteiger partial charge in [-0.05, 0) is 6.92 Å².